The monoisotopic (exact) mass is 566 g/mol. The molecule has 40 heavy (non-hydrogen) atoms. The van der Waals surface area contributed by atoms with Crippen LogP contribution in [0.4, 0.5) is 0 Å². The minimum Gasteiger partial charge on any atom is -0.510 e. The second-order valence-electron chi connectivity index (χ2n) is 10.6. The maximum Gasteiger partial charge on any atom is 0.255 e. The molecule has 2 aromatic rings. The summed E-state index contributed by atoms with van der Waals surface area (Å²) < 4.78 is 0. The van der Waals surface area contributed by atoms with Gasteiger partial charge in [-0.05, 0) is 31.3 Å². The molecule has 3 aliphatic carbocycles. The maximum atomic E-state index is 13.8. The molecule has 0 heterocycles. The zero-order valence-electron chi connectivity index (χ0n) is 21.8. The van der Waals surface area contributed by atoms with E-state index in [9.17, 15) is 39.9 Å². The van der Waals surface area contributed by atoms with Gasteiger partial charge in [0.05, 0.1) is 23.6 Å². The topological polar surface area (TPSA) is 182 Å². The summed E-state index contributed by atoms with van der Waals surface area (Å²) in [5, 5.41) is 56.9. The lowest BCUT2D eigenvalue weighted by molar-refractivity contribution is -0.162. The number of hydrogen-bond donors (Lipinski definition) is 6. The summed E-state index contributed by atoms with van der Waals surface area (Å²) in [6, 6.07) is 12.9. The van der Waals surface area contributed by atoms with Crippen molar-refractivity contribution in [3.63, 3.8) is 0 Å². The highest BCUT2D eigenvalue weighted by Crippen LogP contribution is 2.56. The Labute approximate surface area is 234 Å². The number of likely N-dealkylation sites (N-methyl/N-ethyl adjacent to an activating group) is 1. The van der Waals surface area contributed by atoms with E-state index in [0.29, 0.717) is 17.1 Å². The molecule has 2 aromatic carbocycles. The van der Waals surface area contributed by atoms with Crippen LogP contribution in [0.15, 0.2) is 71.2 Å². The van der Waals surface area contributed by atoms with Gasteiger partial charge < -0.3 is 31.3 Å². The van der Waals surface area contributed by atoms with Gasteiger partial charge in [0.1, 0.15) is 22.8 Å². The first-order valence-corrected chi connectivity index (χ1v) is 13.8. The SMILES string of the molecule is CN(C)[C@H]1C(O)=C(C(N)=O)C(=O)[C@]2(O)C(O)=C3C(=O)c4c(O)cccc4[C@H](CSCc4ccccc4)[C@H]3[C@@H](O)[C@@H]12. The predicted octanol–water partition coefficient (Wildman–Crippen LogP) is 1.57. The number of hydrogen-bond acceptors (Lipinski definition) is 10. The molecule has 7 N–H and O–H groups in total. The average molecular weight is 567 g/mol. The normalized spacial score (nSPS) is 29.8. The Morgan fingerprint density at radius 1 is 1.05 bits per heavy atom. The fraction of sp³-hybridized carbons (Fsp3) is 0.345. The molecule has 11 heteroatoms. The standard InChI is InChI=1S/C29H30N2O8S/c1-31(2)22-21-24(34)18-15(12-40-11-13-7-4-3-5-8-13)14-9-6-10-16(32)17(14)23(33)19(18)26(36)29(21,39)27(37)20(25(22)35)28(30)38/h3-10,15,18,21-22,24,32,34-36,39H,11-12H2,1-2H3,(H2,30,38)/t15-,18+,21+,22+,24+,29+/m0/s1. The number of thioether (sulfide) groups is 1. The van der Waals surface area contributed by atoms with Crippen molar-refractivity contribution in [3.05, 3.63) is 87.9 Å². The number of aromatic hydroxyl groups is 1. The molecule has 0 fully saturated rings. The Hall–Kier alpha value is -3.64. The number of nitrogens with two attached hydrogens (primary N) is 1. The number of rotatable bonds is 6. The van der Waals surface area contributed by atoms with Crippen LogP contribution in [0, 0.1) is 11.8 Å². The summed E-state index contributed by atoms with van der Waals surface area (Å²) >= 11 is 1.52. The number of fused-ring (bicyclic) bond motifs is 3. The van der Waals surface area contributed by atoms with Gasteiger partial charge >= 0.3 is 0 Å². The average Bonchev–Trinajstić information content (AvgIpc) is 2.90. The third-order valence-corrected chi connectivity index (χ3v) is 9.34. The predicted molar refractivity (Wildman–Crippen MR) is 147 cm³/mol. The smallest absolute Gasteiger partial charge is 0.255 e. The number of ketones is 2. The Kier molecular flexibility index (Phi) is 7.03. The summed E-state index contributed by atoms with van der Waals surface area (Å²) in [7, 11) is 3.01. The number of benzene rings is 2. The molecule has 0 radical (unpaired) electrons. The van der Waals surface area contributed by atoms with E-state index in [1.165, 1.54) is 36.8 Å². The highest BCUT2D eigenvalue weighted by molar-refractivity contribution is 7.98. The minimum absolute atomic E-state index is 0.0965. The minimum atomic E-state index is -2.93. The van der Waals surface area contributed by atoms with Crippen molar-refractivity contribution in [1.29, 1.82) is 0 Å². The molecule has 0 saturated carbocycles. The van der Waals surface area contributed by atoms with Crippen molar-refractivity contribution >= 4 is 29.2 Å². The van der Waals surface area contributed by atoms with Crippen LogP contribution >= 0.6 is 11.8 Å². The van der Waals surface area contributed by atoms with Crippen LogP contribution in [0.25, 0.3) is 0 Å². The van der Waals surface area contributed by atoms with Gasteiger partial charge in [0, 0.05) is 28.9 Å². The van der Waals surface area contributed by atoms with Crippen molar-refractivity contribution in [2.45, 2.75) is 29.4 Å². The van der Waals surface area contributed by atoms with Crippen LogP contribution in [-0.2, 0) is 15.3 Å². The zero-order chi connectivity index (χ0) is 29.1. The van der Waals surface area contributed by atoms with Crippen LogP contribution in [0.1, 0.15) is 27.4 Å². The molecule has 210 valence electrons. The van der Waals surface area contributed by atoms with E-state index in [4.69, 9.17) is 5.73 Å². The third-order valence-electron chi connectivity index (χ3n) is 8.21. The van der Waals surface area contributed by atoms with Gasteiger partial charge in [-0.25, -0.2) is 0 Å². The van der Waals surface area contributed by atoms with Crippen LogP contribution < -0.4 is 5.73 Å². The van der Waals surface area contributed by atoms with Crippen molar-refractivity contribution in [2.75, 3.05) is 19.8 Å². The number of phenolic OH excluding ortho intramolecular Hbond substituents is 1. The van der Waals surface area contributed by atoms with E-state index in [1.54, 1.807) is 12.1 Å². The summed E-state index contributed by atoms with van der Waals surface area (Å²) in [6.45, 7) is 0. The highest BCUT2D eigenvalue weighted by Gasteiger charge is 2.67. The number of nitrogens with zero attached hydrogens (tertiary/aromatic N) is 1. The summed E-state index contributed by atoms with van der Waals surface area (Å²) in [4.78, 5) is 40.9. The van der Waals surface area contributed by atoms with E-state index < -0.39 is 75.6 Å². The Morgan fingerprint density at radius 2 is 1.73 bits per heavy atom. The molecule has 1 amide bonds. The molecule has 0 aromatic heterocycles. The Morgan fingerprint density at radius 3 is 2.35 bits per heavy atom. The van der Waals surface area contributed by atoms with Gasteiger partial charge in [-0.3, -0.25) is 19.3 Å². The second kappa shape index (κ2) is 10.1. The molecule has 10 nitrogen and oxygen atoms in total. The van der Waals surface area contributed by atoms with Crippen LogP contribution in [-0.4, -0.2) is 85.5 Å². The quantitative estimate of drug-likeness (QED) is 0.281. The zero-order valence-corrected chi connectivity index (χ0v) is 22.6. The van der Waals surface area contributed by atoms with Gasteiger partial charge in [-0.15, -0.1) is 0 Å². The molecular formula is C29H30N2O8S. The molecule has 0 bridgehead atoms. The van der Waals surface area contributed by atoms with Gasteiger partial charge in [-0.2, -0.15) is 11.8 Å². The van der Waals surface area contributed by atoms with Crippen LogP contribution in [0.2, 0.25) is 0 Å². The second-order valence-corrected chi connectivity index (χ2v) is 11.6. The number of carbonyl (C=O) groups excluding carboxylic acids is 3. The molecule has 5 rings (SSSR count). The molecular weight excluding hydrogens is 536 g/mol. The number of primary amides is 1. The molecule has 0 spiro atoms. The van der Waals surface area contributed by atoms with Crippen LogP contribution in [0.5, 0.6) is 5.75 Å². The number of aliphatic hydroxyl groups excluding tert-OH is 3. The first-order chi connectivity index (χ1) is 18.9. The molecule has 0 unspecified atom stereocenters. The summed E-state index contributed by atoms with van der Waals surface area (Å²) in [6.07, 6.45) is -1.63. The van der Waals surface area contributed by atoms with Gasteiger partial charge in [0.15, 0.2) is 11.4 Å². The molecule has 0 saturated heterocycles. The Bertz CT molecular complexity index is 1470. The van der Waals surface area contributed by atoms with E-state index in [0.717, 1.165) is 5.56 Å². The van der Waals surface area contributed by atoms with Gasteiger partial charge in [0.25, 0.3) is 5.91 Å². The number of carbonyl (C=O) groups is 3. The van der Waals surface area contributed by atoms with Crippen molar-refractivity contribution in [2.24, 2.45) is 17.6 Å². The van der Waals surface area contributed by atoms with E-state index in [2.05, 4.69) is 0 Å². The van der Waals surface area contributed by atoms with E-state index in [-0.39, 0.29) is 11.3 Å². The van der Waals surface area contributed by atoms with Crippen LogP contribution in [0.3, 0.4) is 0 Å². The van der Waals surface area contributed by atoms with Crippen molar-refractivity contribution in [1.82, 2.24) is 4.90 Å². The first-order valence-electron chi connectivity index (χ1n) is 12.7. The third kappa shape index (κ3) is 3.95. The van der Waals surface area contributed by atoms with Crippen molar-refractivity contribution < 1.29 is 39.9 Å². The lowest BCUT2D eigenvalue weighted by Crippen LogP contribution is -2.68. The molecule has 0 aliphatic heterocycles. The first kappa shape index (κ1) is 27.9. The fourth-order valence-electron chi connectivity index (χ4n) is 6.48. The lowest BCUT2D eigenvalue weighted by atomic mass is 9.55. The number of amides is 1. The summed E-state index contributed by atoms with van der Waals surface area (Å²) in [5.74, 6) is -8.03. The van der Waals surface area contributed by atoms with E-state index >= 15 is 0 Å². The molecule has 6 atom stereocenters. The molecule has 3 aliphatic rings. The Balaban J connectivity index is 1.70. The fourth-order valence-corrected chi connectivity index (χ4v) is 7.66. The maximum absolute atomic E-state index is 13.8. The van der Waals surface area contributed by atoms with Gasteiger partial charge in [-0.1, -0.05) is 42.5 Å². The number of phenols is 1. The number of aliphatic hydroxyl groups is 4. The highest BCUT2D eigenvalue weighted by atomic mass is 32.2. The number of Topliss-reactive ketones (excluding diaryl/α,β-unsaturated/α-hetero) is 2. The largest absolute Gasteiger partial charge is 0.510 e. The summed E-state index contributed by atoms with van der Waals surface area (Å²) in [5.41, 5.74) is 2.51. The van der Waals surface area contributed by atoms with E-state index in [1.807, 2.05) is 30.3 Å². The lowest BCUT2D eigenvalue weighted by Gasteiger charge is -2.53. The van der Waals surface area contributed by atoms with Crippen molar-refractivity contribution in [3.8, 4) is 5.75 Å². The van der Waals surface area contributed by atoms with Gasteiger partial charge in [0.2, 0.25) is 5.78 Å².